The Morgan fingerprint density at radius 1 is 1.10 bits per heavy atom. The van der Waals surface area contributed by atoms with Gasteiger partial charge in [-0.25, -0.2) is 4.98 Å². The first-order valence-corrected chi connectivity index (χ1v) is 7.47. The van der Waals surface area contributed by atoms with E-state index in [2.05, 4.69) is 47.4 Å². The lowest BCUT2D eigenvalue weighted by molar-refractivity contribution is 0.606. The van der Waals surface area contributed by atoms with E-state index in [4.69, 9.17) is 0 Å². The Bertz CT molecular complexity index is 593. The van der Waals surface area contributed by atoms with Crippen LogP contribution in [0.5, 0.6) is 0 Å². The van der Waals surface area contributed by atoms with Crippen molar-refractivity contribution in [2.75, 3.05) is 17.2 Å². The Kier molecular flexibility index (Phi) is 5.14. The van der Waals surface area contributed by atoms with E-state index in [1.165, 1.54) is 5.56 Å². The zero-order chi connectivity index (χ0) is 15.2. The van der Waals surface area contributed by atoms with Gasteiger partial charge in [-0.3, -0.25) is 0 Å². The molecule has 0 aliphatic heterocycles. The van der Waals surface area contributed by atoms with Gasteiger partial charge in [0.25, 0.3) is 0 Å². The van der Waals surface area contributed by atoms with Crippen LogP contribution in [0.4, 0.5) is 17.5 Å². The van der Waals surface area contributed by atoms with Crippen LogP contribution in [0, 0.1) is 19.8 Å². The minimum atomic E-state index is 0.636. The molecular formula is C17H24N4. The van der Waals surface area contributed by atoms with Crippen molar-refractivity contribution in [3.63, 3.8) is 0 Å². The van der Waals surface area contributed by atoms with E-state index >= 15 is 0 Å². The molecule has 0 atom stereocenters. The standard InChI is InChI=1S/C17H24N4/c1-12(2)9-10-18-16-11-14(4)19-17(21-16)20-15-8-6-5-7-13(15)3/h5-8,11-12H,9-10H2,1-4H3,(H2,18,19,20,21). The molecule has 2 rings (SSSR count). The molecule has 1 heterocycles. The first-order valence-electron chi connectivity index (χ1n) is 7.47. The molecule has 1 aromatic carbocycles. The maximum Gasteiger partial charge on any atom is 0.229 e. The third-order valence-corrected chi connectivity index (χ3v) is 3.27. The van der Waals surface area contributed by atoms with Gasteiger partial charge in [0.1, 0.15) is 5.82 Å². The number of aryl methyl sites for hydroxylation is 2. The topological polar surface area (TPSA) is 49.8 Å². The number of nitrogens with one attached hydrogen (secondary N) is 2. The molecule has 112 valence electrons. The van der Waals surface area contributed by atoms with E-state index in [1.807, 2.05) is 31.2 Å². The SMILES string of the molecule is Cc1cc(NCCC(C)C)nc(Nc2ccccc2C)n1. The highest BCUT2D eigenvalue weighted by Crippen LogP contribution is 2.19. The van der Waals surface area contributed by atoms with Crippen LogP contribution < -0.4 is 10.6 Å². The third-order valence-electron chi connectivity index (χ3n) is 3.27. The second kappa shape index (κ2) is 7.07. The summed E-state index contributed by atoms with van der Waals surface area (Å²) >= 11 is 0. The highest BCUT2D eigenvalue weighted by molar-refractivity contribution is 5.59. The van der Waals surface area contributed by atoms with Crippen molar-refractivity contribution in [3.05, 3.63) is 41.6 Å². The van der Waals surface area contributed by atoms with E-state index in [0.29, 0.717) is 11.9 Å². The summed E-state index contributed by atoms with van der Waals surface area (Å²) in [5, 5.41) is 6.66. The van der Waals surface area contributed by atoms with Crippen LogP contribution in [-0.4, -0.2) is 16.5 Å². The molecule has 0 unspecified atom stereocenters. The summed E-state index contributed by atoms with van der Waals surface area (Å²) in [5.74, 6) is 2.19. The summed E-state index contributed by atoms with van der Waals surface area (Å²) in [6.07, 6.45) is 1.13. The zero-order valence-electron chi connectivity index (χ0n) is 13.3. The summed E-state index contributed by atoms with van der Waals surface area (Å²) in [5.41, 5.74) is 3.17. The van der Waals surface area contributed by atoms with Crippen LogP contribution in [0.15, 0.2) is 30.3 Å². The van der Waals surface area contributed by atoms with Crippen LogP contribution in [0.1, 0.15) is 31.5 Å². The fourth-order valence-corrected chi connectivity index (χ4v) is 2.04. The van der Waals surface area contributed by atoms with Gasteiger partial charge >= 0.3 is 0 Å². The molecule has 1 aromatic heterocycles. The lowest BCUT2D eigenvalue weighted by atomic mass is 10.1. The molecule has 0 fully saturated rings. The van der Waals surface area contributed by atoms with Gasteiger partial charge in [-0.05, 0) is 37.8 Å². The van der Waals surface area contributed by atoms with Gasteiger partial charge in [-0.2, -0.15) is 4.98 Å². The summed E-state index contributed by atoms with van der Waals surface area (Å²) in [7, 11) is 0. The second-order valence-corrected chi connectivity index (χ2v) is 5.77. The van der Waals surface area contributed by atoms with Gasteiger partial charge < -0.3 is 10.6 Å². The van der Waals surface area contributed by atoms with E-state index in [-0.39, 0.29) is 0 Å². The Labute approximate surface area is 127 Å². The van der Waals surface area contributed by atoms with Crippen molar-refractivity contribution in [3.8, 4) is 0 Å². The van der Waals surface area contributed by atoms with Crippen LogP contribution in [0.25, 0.3) is 0 Å². The molecule has 0 aliphatic rings. The van der Waals surface area contributed by atoms with Crippen molar-refractivity contribution in [1.82, 2.24) is 9.97 Å². The van der Waals surface area contributed by atoms with Crippen molar-refractivity contribution in [2.45, 2.75) is 34.1 Å². The highest BCUT2D eigenvalue weighted by Gasteiger charge is 2.04. The Balaban J connectivity index is 2.10. The summed E-state index contributed by atoms with van der Waals surface area (Å²) in [4.78, 5) is 8.98. The van der Waals surface area contributed by atoms with Crippen LogP contribution in [0.3, 0.4) is 0 Å². The molecule has 0 bridgehead atoms. The number of rotatable bonds is 6. The first-order chi connectivity index (χ1) is 10.0. The van der Waals surface area contributed by atoms with Crippen molar-refractivity contribution < 1.29 is 0 Å². The van der Waals surface area contributed by atoms with Crippen LogP contribution >= 0.6 is 0 Å². The molecule has 2 N–H and O–H groups in total. The van der Waals surface area contributed by atoms with Gasteiger partial charge in [0.15, 0.2) is 0 Å². The summed E-state index contributed by atoms with van der Waals surface area (Å²) in [6.45, 7) is 9.42. The normalized spacial score (nSPS) is 10.7. The van der Waals surface area contributed by atoms with Crippen LogP contribution in [0.2, 0.25) is 0 Å². The van der Waals surface area contributed by atoms with Crippen LogP contribution in [-0.2, 0) is 0 Å². The molecule has 0 saturated carbocycles. The van der Waals surface area contributed by atoms with Gasteiger partial charge in [-0.15, -0.1) is 0 Å². The molecule has 0 radical (unpaired) electrons. The smallest absolute Gasteiger partial charge is 0.229 e. The molecule has 0 spiro atoms. The molecule has 4 nitrogen and oxygen atoms in total. The molecule has 0 aliphatic carbocycles. The number of aromatic nitrogens is 2. The van der Waals surface area contributed by atoms with Gasteiger partial charge in [0.2, 0.25) is 5.95 Å². The van der Waals surface area contributed by atoms with Crippen molar-refractivity contribution >= 4 is 17.5 Å². The number of para-hydroxylation sites is 1. The molecule has 0 saturated heterocycles. The van der Waals surface area contributed by atoms with Crippen molar-refractivity contribution in [1.29, 1.82) is 0 Å². The molecule has 2 aromatic rings. The quantitative estimate of drug-likeness (QED) is 0.830. The lowest BCUT2D eigenvalue weighted by Crippen LogP contribution is -2.08. The van der Waals surface area contributed by atoms with E-state index in [0.717, 1.165) is 30.2 Å². The van der Waals surface area contributed by atoms with E-state index in [9.17, 15) is 0 Å². The molecule has 21 heavy (non-hydrogen) atoms. The average Bonchev–Trinajstić information content (AvgIpc) is 2.40. The predicted octanol–water partition coefficient (Wildman–Crippen LogP) is 4.30. The number of hydrogen-bond acceptors (Lipinski definition) is 4. The summed E-state index contributed by atoms with van der Waals surface area (Å²) < 4.78 is 0. The lowest BCUT2D eigenvalue weighted by Gasteiger charge is -2.12. The average molecular weight is 284 g/mol. The van der Waals surface area contributed by atoms with E-state index in [1.54, 1.807) is 0 Å². The number of anilines is 3. The summed E-state index contributed by atoms with van der Waals surface area (Å²) in [6, 6.07) is 10.1. The number of benzene rings is 1. The fourth-order valence-electron chi connectivity index (χ4n) is 2.04. The minimum Gasteiger partial charge on any atom is -0.370 e. The predicted molar refractivity (Wildman–Crippen MR) is 89.2 cm³/mol. The number of hydrogen-bond donors (Lipinski definition) is 2. The zero-order valence-corrected chi connectivity index (χ0v) is 13.3. The molecule has 4 heteroatoms. The minimum absolute atomic E-state index is 0.636. The Morgan fingerprint density at radius 2 is 1.86 bits per heavy atom. The molecular weight excluding hydrogens is 260 g/mol. The maximum atomic E-state index is 4.53. The third kappa shape index (κ3) is 4.74. The monoisotopic (exact) mass is 284 g/mol. The van der Waals surface area contributed by atoms with E-state index < -0.39 is 0 Å². The second-order valence-electron chi connectivity index (χ2n) is 5.77. The molecule has 0 amide bonds. The van der Waals surface area contributed by atoms with Gasteiger partial charge in [0, 0.05) is 24.0 Å². The fraction of sp³-hybridized carbons (Fsp3) is 0.412. The van der Waals surface area contributed by atoms with Gasteiger partial charge in [-0.1, -0.05) is 32.0 Å². The number of nitrogens with zero attached hydrogens (tertiary/aromatic N) is 2. The maximum absolute atomic E-state index is 4.53. The van der Waals surface area contributed by atoms with Gasteiger partial charge in [0.05, 0.1) is 0 Å². The Morgan fingerprint density at radius 3 is 2.57 bits per heavy atom. The highest BCUT2D eigenvalue weighted by atomic mass is 15.1. The van der Waals surface area contributed by atoms with Crippen molar-refractivity contribution in [2.24, 2.45) is 5.92 Å². The Hall–Kier alpha value is -2.10. The first kappa shape index (κ1) is 15.3. The largest absolute Gasteiger partial charge is 0.370 e.